The van der Waals surface area contributed by atoms with Gasteiger partial charge in [0.05, 0.1) is 31.1 Å². The van der Waals surface area contributed by atoms with Gasteiger partial charge >= 0.3 is 6.61 Å². The molecule has 1 fully saturated rings. The van der Waals surface area contributed by atoms with Crippen LogP contribution >= 0.6 is 0 Å². The van der Waals surface area contributed by atoms with Crippen LogP contribution in [0.2, 0.25) is 0 Å². The molecule has 182 valence electrons. The second-order valence-electron chi connectivity index (χ2n) is 8.50. The maximum atomic E-state index is 12.8. The summed E-state index contributed by atoms with van der Waals surface area (Å²) in [7, 11) is 0. The van der Waals surface area contributed by atoms with Gasteiger partial charge in [0.2, 0.25) is 0 Å². The number of hydrogen-bond acceptors (Lipinski definition) is 6. The quantitative estimate of drug-likeness (QED) is 0.359. The van der Waals surface area contributed by atoms with Crippen LogP contribution in [0.3, 0.4) is 0 Å². The summed E-state index contributed by atoms with van der Waals surface area (Å²) in [4.78, 5) is 12.7. The normalized spacial score (nSPS) is 17.5. The molecule has 2 heterocycles. The van der Waals surface area contributed by atoms with Gasteiger partial charge in [-0.3, -0.25) is 4.79 Å². The molecule has 3 aromatic rings. The number of fused-ring (bicyclic) bond motifs is 1. The second-order valence-corrected chi connectivity index (χ2v) is 8.50. The number of halogens is 2. The minimum Gasteiger partial charge on any atom is -0.487 e. The van der Waals surface area contributed by atoms with Crippen molar-refractivity contribution in [3.63, 3.8) is 0 Å². The second kappa shape index (κ2) is 10.1. The first-order valence-electron chi connectivity index (χ1n) is 11.5. The largest absolute Gasteiger partial charge is 0.487 e. The zero-order valence-electron chi connectivity index (χ0n) is 18.9. The number of nitrogens with zero attached hydrogens (tertiary/aromatic N) is 3. The van der Waals surface area contributed by atoms with Crippen LogP contribution in [0.15, 0.2) is 59.8 Å². The molecular weight excluding hydrogens is 456 g/mol. The molecule has 1 atom stereocenters. The molecule has 8 nitrogen and oxygen atoms in total. The van der Waals surface area contributed by atoms with E-state index in [0.29, 0.717) is 23.5 Å². The lowest BCUT2D eigenvalue weighted by Gasteiger charge is -2.17. The Morgan fingerprint density at radius 2 is 1.97 bits per heavy atom. The van der Waals surface area contributed by atoms with Crippen molar-refractivity contribution >= 4 is 17.9 Å². The van der Waals surface area contributed by atoms with Crippen molar-refractivity contribution in [3.8, 4) is 11.5 Å². The summed E-state index contributed by atoms with van der Waals surface area (Å²) >= 11 is 0. The Bertz CT molecular complexity index is 1210. The van der Waals surface area contributed by atoms with Crippen molar-refractivity contribution in [2.45, 2.75) is 51.0 Å². The van der Waals surface area contributed by atoms with Crippen molar-refractivity contribution in [1.82, 2.24) is 15.2 Å². The minimum absolute atomic E-state index is 0.0254. The molecule has 2 aliphatic rings. The number of amides is 1. The van der Waals surface area contributed by atoms with Crippen LogP contribution in [0, 0.1) is 0 Å². The Labute approximate surface area is 200 Å². The van der Waals surface area contributed by atoms with Gasteiger partial charge in [-0.1, -0.05) is 30.3 Å². The highest BCUT2D eigenvalue weighted by atomic mass is 19.3. The summed E-state index contributed by atoms with van der Waals surface area (Å²) in [5.74, 6) is 0.428. The Hall–Kier alpha value is -3.95. The molecule has 1 amide bonds. The standard InChI is InChI=1S/C25H25F2N5O3/c26-25(27)35-21-11-10-16(12-22(21)34-18-8-4-5-9-18)13-28-31-24(33)19-14-29-32-15-20(30-23(19)32)17-6-2-1-3-7-17/h1-3,6-7,10-14,18,20,25,30H,4-5,8-9,15H2,(H,31,33)/b28-13+. The van der Waals surface area contributed by atoms with Crippen molar-refractivity contribution < 1.29 is 23.0 Å². The number of benzene rings is 2. The highest BCUT2D eigenvalue weighted by Crippen LogP contribution is 2.34. The first kappa shape index (κ1) is 22.8. The molecule has 0 radical (unpaired) electrons. The summed E-state index contributed by atoms with van der Waals surface area (Å²) in [5.41, 5.74) is 4.56. The predicted octanol–water partition coefficient (Wildman–Crippen LogP) is 4.74. The number of ether oxygens (including phenoxy) is 2. The van der Waals surface area contributed by atoms with E-state index in [0.717, 1.165) is 31.2 Å². The highest BCUT2D eigenvalue weighted by Gasteiger charge is 2.28. The number of hydrogen-bond donors (Lipinski definition) is 2. The molecule has 0 saturated heterocycles. The molecule has 5 rings (SSSR count). The molecule has 1 unspecified atom stereocenters. The van der Waals surface area contributed by atoms with Gasteiger partial charge in [-0.2, -0.15) is 19.0 Å². The van der Waals surface area contributed by atoms with E-state index in [-0.39, 0.29) is 23.6 Å². The van der Waals surface area contributed by atoms with Crippen LogP contribution in [0.4, 0.5) is 14.6 Å². The topological polar surface area (TPSA) is 89.8 Å². The number of aromatic nitrogens is 2. The maximum Gasteiger partial charge on any atom is 0.387 e. The van der Waals surface area contributed by atoms with E-state index in [4.69, 9.17) is 4.74 Å². The molecule has 1 saturated carbocycles. The summed E-state index contributed by atoms with van der Waals surface area (Å²) in [6, 6.07) is 14.5. The monoisotopic (exact) mass is 481 g/mol. The zero-order chi connectivity index (χ0) is 24.2. The lowest BCUT2D eigenvalue weighted by atomic mass is 10.1. The zero-order valence-corrected chi connectivity index (χ0v) is 18.9. The van der Waals surface area contributed by atoms with Gasteiger partial charge in [0.1, 0.15) is 11.4 Å². The van der Waals surface area contributed by atoms with E-state index in [1.54, 1.807) is 16.8 Å². The van der Waals surface area contributed by atoms with Crippen molar-refractivity contribution in [3.05, 3.63) is 71.4 Å². The summed E-state index contributed by atoms with van der Waals surface area (Å²) in [6.45, 7) is -2.33. The summed E-state index contributed by atoms with van der Waals surface area (Å²) in [5, 5.41) is 11.7. The number of nitrogens with one attached hydrogen (secondary N) is 2. The van der Waals surface area contributed by atoms with Gasteiger partial charge in [-0.25, -0.2) is 10.1 Å². The fraction of sp³-hybridized carbons (Fsp3) is 0.320. The highest BCUT2D eigenvalue weighted by molar-refractivity contribution is 5.99. The van der Waals surface area contributed by atoms with E-state index in [1.807, 2.05) is 30.3 Å². The molecule has 1 aliphatic heterocycles. The lowest BCUT2D eigenvalue weighted by Crippen LogP contribution is -2.18. The molecule has 10 heteroatoms. The third-order valence-electron chi connectivity index (χ3n) is 6.11. The van der Waals surface area contributed by atoms with Crippen LogP contribution < -0.4 is 20.2 Å². The van der Waals surface area contributed by atoms with E-state index >= 15 is 0 Å². The molecule has 1 aliphatic carbocycles. The molecule has 0 bridgehead atoms. The average molecular weight is 482 g/mol. The van der Waals surface area contributed by atoms with E-state index < -0.39 is 12.5 Å². The van der Waals surface area contributed by atoms with Crippen LogP contribution in [0.25, 0.3) is 0 Å². The van der Waals surface area contributed by atoms with Crippen molar-refractivity contribution in [2.24, 2.45) is 5.10 Å². The van der Waals surface area contributed by atoms with Gasteiger partial charge < -0.3 is 14.8 Å². The third kappa shape index (κ3) is 5.26. The number of carbonyl (C=O) groups is 1. The SMILES string of the molecule is O=C(N/N=C/c1ccc(OC(F)F)c(OC2CCCC2)c1)c1cnn2c1NC(c1ccccc1)C2. The van der Waals surface area contributed by atoms with Gasteiger partial charge in [0.25, 0.3) is 5.91 Å². The number of hydrazone groups is 1. The number of rotatable bonds is 8. The van der Waals surface area contributed by atoms with Crippen LogP contribution in [0.1, 0.15) is 53.2 Å². The number of carbonyl (C=O) groups excluding carboxylic acids is 1. The van der Waals surface area contributed by atoms with Crippen molar-refractivity contribution in [1.29, 1.82) is 0 Å². The summed E-state index contributed by atoms with van der Waals surface area (Å²) in [6.07, 6.45) is 6.73. The predicted molar refractivity (Wildman–Crippen MR) is 126 cm³/mol. The first-order chi connectivity index (χ1) is 17.1. The van der Waals surface area contributed by atoms with Crippen LogP contribution in [0.5, 0.6) is 11.5 Å². The van der Waals surface area contributed by atoms with Gasteiger partial charge in [0, 0.05) is 0 Å². The molecule has 35 heavy (non-hydrogen) atoms. The van der Waals surface area contributed by atoms with Crippen molar-refractivity contribution in [2.75, 3.05) is 5.32 Å². The molecule has 2 aromatic carbocycles. The van der Waals surface area contributed by atoms with E-state index in [9.17, 15) is 13.6 Å². The van der Waals surface area contributed by atoms with E-state index in [2.05, 4.69) is 25.7 Å². The Morgan fingerprint density at radius 1 is 1.17 bits per heavy atom. The average Bonchev–Trinajstić information content (AvgIpc) is 3.59. The molecule has 0 spiro atoms. The fourth-order valence-corrected chi connectivity index (χ4v) is 4.40. The van der Waals surface area contributed by atoms with Gasteiger partial charge in [-0.05, 0) is 55.0 Å². The lowest BCUT2D eigenvalue weighted by molar-refractivity contribution is -0.0520. The molecular formula is C25H25F2N5O3. The smallest absolute Gasteiger partial charge is 0.387 e. The maximum absolute atomic E-state index is 12.8. The Balaban J connectivity index is 1.25. The summed E-state index contributed by atoms with van der Waals surface area (Å²) < 4.78 is 37.8. The van der Waals surface area contributed by atoms with Crippen LogP contribution in [-0.4, -0.2) is 34.6 Å². The van der Waals surface area contributed by atoms with E-state index in [1.165, 1.54) is 18.5 Å². The number of anilines is 1. The molecule has 2 N–H and O–H groups in total. The Morgan fingerprint density at radius 3 is 2.74 bits per heavy atom. The Kier molecular flexibility index (Phi) is 6.60. The fourth-order valence-electron chi connectivity index (χ4n) is 4.40. The number of alkyl halides is 2. The molecule has 1 aromatic heterocycles. The minimum atomic E-state index is -2.95. The first-order valence-corrected chi connectivity index (χ1v) is 11.5. The van der Waals surface area contributed by atoms with Gasteiger partial charge in [0.15, 0.2) is 11.5 Å². The van der Waals surface area contributed by atoms with Crippen LogP contribution in [-0.2, 0) is 6.54 Å². The van der Waals surface area contributed by atoms with Gasteiger partial charge in [-0.15, -0.1) is 0 Å². The third-order valence-corrected chi connectivity index (χ3v) is 6.11.